The number of Topliss-reactive ketones (excluding diaryl/α,β-unsaturated/α-hetero) is 1. The van der Waals surface area contributed by atoms with Crippen molar-refractivity contribution in [3.05, 3.63) is 35.9 Å². The summed E-state index contributed by atoms with van der Waals surface area (Å²) in [6.07, 6.45) is 2.92. The van der Waals surface area contributed by atoms with Crippen LogP contribution >= 0.6 is 0 Å². The number of ketones is 1. The Balaban J connectivity index is 2.26. The Hall–Kier alpha value is -1.64. The Kier molecular flexibility index (Phi) is 4.81. The van der Waals surface area contributed by atoms with Gasteiger partial charge in [-0.3, -0.25) is 9.59 Å². The summed E-state index contributed by atoms with van der Waals surface area (Å²) in [4.78, 5) is 24.5. The largest absolute Gasteiger partial charge is 0.456 e. The van der Waals surface area contributed by atoms with E-state index in [1.54, 1.807) is 0 Å². The summed E-state index contributed by atoms with van der Waals surface area (Å²) in [6.45, 7) is 5.50. The highest BCUT2D eigenvalue weighted by Gasteiger charge is 2.36. The zero-order valence-corrected chi connectivity index (χ0v) is 13.1. The molecule has 1 aliphatic rings. The molecule has 2 atom stereocenters. The van der Waals surface area contributed by atoms with Crippen molar-refractivity contribution < 1.29 is 14.3 Å². The van der Waals surface area contributed by atoms with E-state index >= 15 is 0 Å². The number of esters is 1. The number of rotatable bonds is 3. The van der Waals surface area contributed by atoms with Crippen LogP contribution in [0.4, 0.5) is 0 Å². The van der Waals surface area contributed by atoms with E-state index < -0.39 is 11.5 Å². The van der Waals surface area contributed by atoms with Crippen molar-refractivity contribution in [2.45, 2.75) is 52.6 Å². The number of carbonyl (C=O) groups is 2. The fourth-order valence-corrected chi connectivity index (χ4v) is 2.65. The zero-order chi connectivity index (χ0) is 15.5. The first-order valence-corrected chi connectivity index (χ1v) is 7.68. The third kappa shape index (κ3) is 3.93. The maximum absolute atomic E-state index is 12.3. The Morgan fingerprint density at radius 1 is 1.19 bits per heavy atom. The van der Waals surface area contributed by atoms with E-state index in [0.29, 0.717) is 6.42 Å². The zero-order valence-electron chi connectivity index (χ0n) is 13.1. The first-order valence-electron chi connectivity index (χ1n) is 7.68. The summed E-state index contributed by atoms with van der Waals surface area (Å²) >= 11 is 0. The van der Waals surface area contributed by atoms with E-state index in [0.717, 1.165) is 24.8 Å². The topological polar surface area (TPSA) is 43.4 Å². The third-order valence-electron chi connectivity index (χ3n) is 3.94. The van der Waals surface area contributed by atoms with Gasteiger partial charge in [0, 0.05) is 6.42 Å². The second-order valence-corrected chi connectivity index (χ2v) is 6.81. The fourth-order valence-electron chi connectivity index (χ4n) is 2.65. The third-order valence-corrected chi connectivity index (χ3v) is 3.94. The Morgan fingerprint density at radius 2 is 1.86 bits per heavy atom. The highest BCUT2D eigenvalue weighted by molar-refractivity contribution is 5.83. The van der Waals surface area contributed by atoms with E-state index in [1.165, 1.54) is 0 Å². The predicted molar refractivity (Wildman–Crippen MR) is 81.7 cm³/mol. The second kappa shape index (κ2) is 6.42. The van der Waals surface area contributed by atoms with Gasteiger partial charge in [-0.15, -0.1) is 0 Å². The van der Waals surface area contributed by atoms with Crippen molar-refractivity contribution in [1.29, 1.82) is 0 Å². The molecule has 114 valence electrons. The molecule has 0 aromatic heterocycles. The normalized spacial score (nSPS) is 20.9. The lowest BCUT2D eigenvalue weighted by molar-refractivity contribution is -0.164. The van der Waals surface area contributed by atoms with E-state index in [1.807, 2.05) is 51.1 Å². The monoisotopic (exact) mass is 288 g/mol. The van der Waals surface area contributed by atoms with Crippen molar-refractivity contribution >= 4 is 11.8 Å². The molecule has 0 N–H and O–H groups in total. The highest BCUT2D eigenvalue weighted by atomic mass is 16.5. The maximum atomic E-state index is 12.3. The van der Waals surface area contributed by atoms with Crippen LogP contribution in [0, 0.1) is 11.3 Å². The van der Waals surface area contributed by atoms with Crippen LogP contribution < -0.4 is 0 Å². The molecule has 0 heterocycles. The average molecular weight is 288 g/mol. The van der Waals surface area contributed by atoms with Crippen molar-refractivity contribution in [2.24, 2.45) is 11.3 Å². The minimum absolute atomic E-state index is 0.201. The summed E-state index contributed by atoms with van der Waals surface area (Å²) in [7, 11) is 0. The number of carbonyl (C=O) groups excluding carboxylic acids is 2. The van der Waals surface area contributed by atoms with E-state index in [2.05, 4.69) is 0 Å². The molecule has 0 saturated heterocycles. The Morgan fingerprint density at radius 3 is 2.43 bits per heavy atom. The summed E-state index contributed by atoms with van der Waals surface area (Å²) in [6, 6.07) is 9.63. The quantitative estimate of drug-likeness (QED) is 0.787. The number of benzene rings is 1. The fraction of sp³-hybridized carbons (Fsp3) is 0.556. The van der Waals surface area contributed by atoms with Gasteiger partial charge in [0.1, 0.15) is 11.9 Å². The summed E-state index contributed by atoms with van der Waals surface area (Å²) in [5.74, 6) is -0.237. The van der Waals surface area contributed by atoms with E-state index in [4.69, 9.17) is 4.74 Å². The molecular weight excluding hydrogens is 264 g/mol. The van der Waals surface area contributed by atoms with Crippen LogP contribution in [-0.2, 0) is 14.3 Å². The molecule has 3 heteroatoms. The van der Waals surface area contributed by atoms with Crippen molar-refractivity contribution in [3.8, 4) is 0 Å². The minimum atomic E-state index is -0.565. The van der Waals surface area contributed by atoms with Gasteiger partial charge in [-0.1, -0.05) is 36.8 Å². The maximum Gasteiger partial charge on any atom is 0.311 e. The molecule has 1 saturated carbocycles. The molecule has 1 aliphatic carbocycles. The van der Waals surface area contributed by atoms with Crippen LogP contribution in [0.15, 0.2) is 30.3 Å². The van der Waals surface area contributed by atoms with Crippen molar-refractivity contribution in [1.82, 2.24) is 0 Å². The number of hydrogen-bond acceptors (Lipinski definition) is 3. The van der Waals surface area contributed by atoms with Crippen molar-refractivity contribution in [3.63, 3.8) is 0 Å². The molecule has 1 fully saturated rings. The van der Waals surface area contributed by atoms with Crippen LogP contribution in [0.25, 0.3) is 0 Å². The van der Waals surface area contributed by atoms with Crippen LogP contribution in [0.1, 0.15) is 58.1 Å². The molecule has 0 radical (unpaired) electrons. The van der Waals surface area contributed by atoms with E-state index in [9.17, 15) is 9.59 Å². The van der Waals surface area contributed by atoms with E-state index in [-0.39, 0.29) is 17.7 Å². The standard InChI is InChI=1S/C18H24O3/c1-18(2,3)17(20)21-16(13-9-5-4-6-10-13)14-11-7-8-12-15(14)19/h4-6,9-10,14,16H,7-8,11-12H2,1-3H3. The van der Waals surface area contributed by atoms with Gasteiger partial charge in [0.15, 0.2) is 0 Å². The van der Waals surface area contributed by atoms with Gasteiger partial charge < -0.3 is 4.74 Å². The van der Waals surface area contributed by atoms with Gasteiger partial charge in [0.2, 0.25) is 0 Å². The molecule has 2 rings (SSSR count). The lowest BCUT2D eigenvalue weighted by Gasteiger charge is -2.31. The van der Waals surface area contributed by atoms with Crippen LogP contribution in [0.5, 0.6) is 0 Å². The van der Waals surface area contributed by atoms with Crippen molar-refractivity contribution in [2.75, 3.05) is 0 Å². The first-order chi connectivity index (χ1) is 9.89. The molecule has 2 unspecified atom stereocenters. The molecule has 0 aliphatic heterocycles. The number of hydrogen-bond donors (Lipinski definition) is 0. The second-order valence-electron chi connectivity index (χ2n) is 6.81. The molecular formula is C18H24O3. The molecule has 0 amide bonds. The lowest BCUT2D eigenvalue weighted by atomic mass is 9.81. The molecule has 3 nitrogen and oxygen atoms in total. The van der Waals surface area contributed by atoms with Gasteiger partial charge >= 0.3 is 5.97 Å². The lowest BCUT2D eigenvalue weighted by Crippen LogP contribution is -2.32. The Bertz CT molecular complexity index is 499. The molecule has 1 aromatic carbocycles. The van der Waals surface area contributed by atoms with Gasteiger partial charge in [0.05, 0.1) is 11.3 Å². The molecule has 21 heavy (non-hydrogen) atoms. The minimum Gasteiger partial charge on any atom is -0.456 e. The number of ether oxygens (including phenoxy) is 1. The molecule has 0 bridgehead atoms. The Labute approximate surface area is 126 Å². The van der Waals surface area contributed by atoms with Crippen LogP contribution in [0.2, 0.25) is 0 Å². The molecule has 1 aromatic rings. The average Bonchev–Trinajstić information content (AvgIpc) is 2.45. The first kappa shape index (κ1) is 15.7. The smallest absolute Gasteiger partial charge is 0.311 e. The highest BCUT2D eigenvalue weighted by Crippen LogP contribution is 2.36. The predicted octanol–water partition coefficient (Wildman–Crippen LogP) is 4.08. The van der Waals surface area contributed by atoms with Crippen LogP contribution in [-0.4, -0.2) is 11.8 Å². The molecule has 0 spiro atoms. The van der Waals surface area contributed by atoms with Gasteiger partial charge in [-0.25, -0.2) is 0 Å². The SMILES string of the molecule is CC(C)(C)C(=O)OC(c1ccccc1)C1CCCCC1=O. The van der Waals surface area contributed by atoms with Gasteiger partial charge in [-0.2, -0.15) is 0 Å². The van der Waals surface area contributed by atoms with Gasteiger partial charge in [-0.05, 0) is 39.2 Å². The summed E-state index contributed by atoms with van der Waals surface area (Å²) in [5, 5.41) is 0. The summed E-state index contributed by atoms with van der Waals surface area (Å²) < 4.78 is 5.75. The van der Waals surface area contributed by atoms with Crippen LogP contribution in [0.3, 0.4) is 0 Å². The summed E-state index contributed by atoms with van der Waals surface area (Å²) in [5.41, 5.74) is 0.348. The van der Waals surface area contributed by atoms with Gasteiger partial charge in [0.25, 0.3) is 0 Å².